The topological polar surface area (TPSA) is 85.5 Å². The molecule has 29 heavy (non-hydrogen) atoms. The highest BCUT2D eigenvalue weighted by Crippen LogP contribution is 2.11. The van der Waals surface area contributed by atoms with E-state index in [1.165, 1.54) is 0 Å². The fourth-order valence-corrected chi connectivity index (χ4v) is 2.71. The van der Waals surface area contributed by atoms with E-state index in [0.29, 0.717) is 18.8 Å². The summed E-state index contributed by atoms with van der Waals surface area (Å²) in [7, 11) is 2.04. The number of carbonyl (C=O) groups is 2. The fourth-order valence-electron chi connectivity index (χ4n) is 2.71. The van der Waals surface area contributed by atoms with Crippen LogP contribution in [0.25, 0.3) is 0 Å². The lowest BCUT2D eigenvalue weighted by molar-refractivity contribution is 0.240. The minimum atomic E-state index is -0.233. The Bertz CT molecular complexity index is 763. The molecule has 4 N–H and O–H groups in total. The van der Waals surface area contributed by atoms with Gasteiger partial charge in [0.1, 0.15) is 0 Å². The first-order valence-corrected chi connectivity index (χ1v) is 9.88. The molecule has 2 rings (SSSR count). The van der Waals surface area contributed by atoms with Gasteiger partial charge in [0, 0.05) is 44.1 Å². The molecule has 0 spiro atoms. The normalized spacial score (nSPS) is 10.3. The van der Waals surface area contributed by atoms with Gasteiger partial charge < -0.3 is 26.2 Å². The van der Waals surface area contributed by atoms with Gasteiger partial charge in [-0.2, -0.15) is 0 Å². The molecule has 0 aliphatic carbocycles. The smallest absolute Gasteiger partial charge is 0.319 e. The monoisotopic (exact) mass is 397 g/mol. The van der Waals surface area contributed by atoms with Gasteiger partial charge >= 0.3 is 12.1 Å². The summed E-state index contributed by atoms with van der Waals surface area (Å²) in [5.41, 5.74) is 2.83. The van der Waals surface area contributed by atoms with Gasteiger partial charge in [0.25, 0.3) is 0 Å². The zero-order chi connectivity index (χ0) is 21.1. The van der Waals surface area contributed by atoms with Gasteiger partial charge in [-0.15, -0.1) is 0 Å². The molecular formula is C22H31N5O2. The van der Waals surface area contributed by atoms with Crippen molar-refractivity contribution in [2.75, 3.05) is 30.4 Å². The van der Waals surface area contributed by atoms with Crippen molar-refractivity contribution in [3.8, 4) is 0 Å². The van der Waals surface area contributed by atoms with Gasteiger partial charge in [0.05, 0.1) is 0 Å². The number of urea groups is 2. The van der Waals surface area contributed by atoms with E-state index >= 15 is 0 Å². The summed E-state index contributed by atoms with van der Waals surface area (Å²) in [5, 5.41) is 11.3. The lowest BCUT2D eigenvalue weighted by Gasteiger charge is -2.19. The molecule has 156 valence electrons. The number of nitrogens with zero attached hydrogens (tertiary/aromatic N) is 1. The molecule has 0 saturated carbocycles. The SMILES string of the molecule is CC(C)NC(=O)Nc1ccc(CNC(=O)NCCCN(C)c2ccccc2)cc1. The molecule has 0 saturated heterocycles. The highest BCUT2D eigenvalue weighted by Gasteiger charge is 2.05. The Morgan fingerprint density at radius 2 is 1.62 bits per heavy atom. The first-order valence-electron chi connectivity index (χ1n) is 9.88. The second kappa shape index (κ2) is 11.6. The molecule has 7 heteroatoms. The van der Waals surface area contributed by atoms with Gasteiger partial charge in [0.15, 0.2) is 0 Å². The third kappa shape index (κ3) is 8.55. The predicted molar refractivity (Wildman–Crippen MR) is 118 cm³/mol. The minimum Gasteiger partial charge on any atom is -0.375 e. The number of anilines is 2. The molecule has 4 amide bonds. The van der Waals surface area contributed by atoms with Crippen LogP contribution in [0.1, 0.15) is 25.8 Å². The lowest BCUT2D eigenvalue weighted by atomic mass is 10.2. The van der Waals surface area contributed by atoms with Crippen LogP contribution in [-0.2, 0) is 6.54 Å². The van der Waals surface area contributed by atoms with Crippen molar-refractivity contribution in [3.63, 3.8) is 0 Å². The molecular weight excluding hydrogens is 366 g/mol. The van der Waals surface area contributed by atoms with Crippen molar-refractivity contribution in [2.45, 2.75) is 32.9 Å². The summed E-state index contributed by atoms with van der Waals surface area (Å²) in [6.07, 6.45) is 0.859. The number of amides is 4. The number of benzene rings is 2. The van der Waals surface area contributed by atoms with Crippen LogP contribution in [0, 0.1) is 0 Å². The molecule has 0 bridgehead atoms. The number of para-hydroxylation sites is 1. The summed E-state index contributed by atoms with van der Waals surface area (Å²) >= 11 is 0. The standard InChI is InChI=1S/C22H31N5O2/c1-17(2)25-22(29)26-19-12-10-18(11-13-19)16-24-21(28)23-14-7-15-27(3)20-8-5-4-6-9-20/h4-6,8-13,17H,7,14-16H2,1-3H3,(H2,23,24,28)(H2,25,26,29). The van der Waals surface area contributed by atoms with E-state index in [4.69, 9.17) is 0 Å². The van der Waals surface area contributed by atoms with Crippen LogP contribution in [0.2, 0.25) is 0 Å². The van der Waals surface area contributed by atoms with Crippen LogP contribution in [0.15, 0.2) is 54.6 Å². The zero-order valence-electron chi connectivity index (χ0n) is 17.4. The van der Waals surface area contributed by atoms with Gasteiger partial charge in [-0.05, 0) is 50.1 Å². The number of hydrogen-bond acceptors (Lipinski definition) is 3. The van der Waals surface area contributed by atoms with E-state index in [9.17, 15) is 9.59 Å². The second-order valence-electron chi connectivity index (χ2n) is 7.17. The molecule has 2 aromatic carbocycles. The van der Waals surface area contributed by atoms with Crippen LogP contribution in [0.4, 0.5) is 21.0 Å². The average molecular weight is 398 g/mol. The van der Waals surface area contributed by atoms with E-state index in [2.05, 4.69) is 38.3 Å². The quantitative estimate of drug-likeness (QED) is 0.488. The van der Waals surface area contributed by atoms with E-state index in [0.717, 1.165) is 24.2 Å². The molecule has 0 fully saturated rings. The maximum Gasteiger partial charge on any atom is 0.319 e. The Morgan fingerprint density at radius 1 is 0.931 bits per heavy atom. The number of hydrogen-bond donors (Lipinski definition) is 4. The molecule has 0 aromatic heterocycles. The first kappa shape index (κ1) is 22.1. The Balaban J connectivity index is 1.63. The van der Waals surface area contributed by atoms with Crippen molar-refractivity contribution in [1.82, 2.24) is 16.0 Å². The van der Waals surface area contributed by atoms with Gasteiger partial charge in [-0.3, -0.25) is 0 Å². The molecule has 0 heterocycles. The summed E-state index contributed by atoms with van der Waals surface area (Å²) in [6.45, 7) is 5.70. The maximum absolute atomic E-state index is 11.9. The van der Waals surface area contributed by atoms with Gasteiger partial charge in [-0.1, -0.05) is 30.3 Å². The summed E-state index contributed by atoms with van der Waals surface area (Å²) in [6, 6.07) is 17.2. The van der Waals surface area contributed by atoms with Crippen molar-refractivity contribution < 1.29 is 9.59 Å². The average Bonchev–Trinajstić information content (AvgIpc) is 2.70. The lowest BCUT2D eigenvalue weighted by Crippen LogP contribution is -2.36. The molecule has 7 nitrogen and oxygen atoms in total. The number of carbonyl (C=O) groups excluding carboxylic acids is 2. The van der Waals surface area contributed by atoms with Crippen molar-refractivity contribution in [3.05, 3.63) is 60.2 Å². The predicted octanol–water partition coefficient (Wildman–Crippen LogP) is 3.54. The summed E-state index contributed by atoms with van der Waals surface area (Å²) in [4.78, 5) is 25.8. The maximum atomic E-state index is 11.9. The van der Waals surface area contributed by atoms with Crippen molar-refractivity contribution >= 4 is 23.4 Å². The Morgan fingerprint density at radius 3 is 2.28 bits per heavy atom. The molecule has 0 radical (unpaired) electrons. The van der Waals surface area contributed by atoms with E-state index in [1.54, 1.807) is 0 Å². The highest BCUT2D eigenvalue weighted by atomic mass is 16.2. The molecule has 0 aliphatic rings. The molecule has 0 aliphatic heterocycles. The Hall–Kier alpha value is -3.22. The fraction of sp³-hybridized carbons (Fsp3) is 0.364. The van der Waals surface area contributed by atoms with E-state index < -0.39 is 0 Å². The van der Waals surface area contributed by atoms with Crippen molar-refractivity contribution in [2.24, 2.45) is 0 Å². The third-order valence-electron chi connectivity index (χ3n) is 4.24. The van der Waals surface area contributed by atoms with Gasteiger partial charge in [0.2, 0.25) is 0 Å². The minimum absolute atomic E-state index is 0.0794. The Kier molecular flexibility index (Phi) is 8.82. The highest BCUT2D eigenvalue weighted by molar-refractivity contribution is 5.89. The molecule has 0 unspecified atom stereocenters. The summed E-state index contributed by atoms with van der Waals surface area (Å²) in [5.74, 6) is 0. The second-order valence-corrected chi connectivity index (χ2v) is 7.17. The van der Waals surface area contributed by atoms with Gasteiger partial charge in [-0.25, -0.2) is 9.59 Å². The van der Waals surface area contributed by atoms with Crippen molar-refractivity contribution in [1.29, 1.82) is 0 Å². The molecule has 0 atom stereocenters. The van der Waals surface area contributed by atoms with Crippen LogP contribution in [0.5, 0.6) is 0 Å². The third-order valence-corrected chi connectivity index (χ3v) is 4.24. The zero-order valence-corrected chi connectivity index (χ0v) is 17.4. The van der Waals surface area contributed by atoms with Crippen LogP contribution >= 0.6 is 0 Å². The summed E-state index contributed by atoms with van der Waals surface area (Å²) < 4.78 is 0. The largest absolute Gasteiger partial charge is 0.375 e. The van der Waals surface area contributed by atoms with E-state index in [-0.39, 0.29) is 18.1 Å². The van der Waals surface area contributed by atoms with Crippen LogP contribution < -0.4 is 26.2 Å². The number of nitrogens with one attached hydrogen (secondary N) is 4. The van der Waals surface area contributed by atoms with Crippen LogP contribution in [-0.4, -0.2) is 38.2 Å². The van der Waals surface area contributed by atoms with Crippen LogP contribution in [0.3, 0.4) is 0 Å². The van der Waals surface area contributed by atoms with E-state index in [1.807, 2.05) is 63.4 Å². The Labute approximate surface area is 172 Å². The first-order chi connectivity index (χ1) is 13.9. The number of rotatable bonds is 9. The molecule has 2 aromatic rings.